The largest absolute Gasteiger partial charge is 0.383 e. The van der Waals surface area contributed by atoms with E-state index in [0.29, 0.717) is 16.8 Å². The fraction of sp³-hybridized carbons (Fsp3) is 0.267. The molecule has 2 aliphatic rings. The Morgan fingerprint density at radius 2 is 1.86 bits per heavy atom. The van der Waals surface area contributed by atoms with E-state index in [4.69, 9.17) is 0 Å². The summed E-state index contributed by atoms with van der Waals surface area (Å²) in [6.07, 6.45) is 0.875. The van der Waals surface area contributed by atoms with E-state index in [1.54, 1.807) is 24.3 Å². The molecule has 21 heavy (non-hydrogen) atoms. The Hall–Kier alpha value is -2.34. The van der Waals surface area contributed by atoms with Gasteiger partial charge in [0.2, 0.25) is 0 Å². The summed E-state index contributed by atoms with van der Waals surface area (Å²) >= 11 is 0. The van der Waals surface area contributed by atoms with Gasteiger partial charge in [-0.2, -0.15) is 0 Å². The molecule has 1 N–H and O–H groups in total. The second-order valence-electron chi connectivity index (χ2n) is 5.37. The van der Waals surface area contributed by atoms with Crippen molar-refractivity contribution >= 4 is 17.5 Å². The molecule has 2 heterocycles. The zero-order valence-electron chi connectivity index (χ0n) is 11.3. The van der Waals surface area contributed by atoms with Crippen molar-refractivity contribution in [3.05, 3.63) is 47.4 Å². The predicted octanol–water partition coefficient (Wildman–Crippen LogP) is 1.69. The summed E-state index contributed by atoms with van der Waals surface area (Å²) in [4.78, 5) is 29.4. The van der Waals surface area contributed by atoms with Gasteiger partial charge in [-0.15, -0.1) is 0 Å². The third-order valence-electron chi connectivity index (χ3n) is 3.64. The van der Waals surface area contributed by atoms with Crippen molar-refractivity contribution in [1.29, 1.82) is 0 Å². The Kier molecular flexibility index (Phi) is 2.98. The molecule has 0 fully saturated rings. The van der Waals surface area contributed by atoms with Crippen LogP contribution in [0.1, 0.15) is 34.1 Å². The van der Waals surface area contributed by atoms with Gasteiger partial charge in [0.15, 0.2) is 0 Å². The van der Waals surface area contributed by atoms with Crippen molar-refractivity contribution in [3.63, 3.8) is 0 Å². The van der Waals surface area contributed by atoms with Crippen molar-refractivity contribution in [3.8, 4) is 0 Å². The number of carbonyl (C=O) groups excluding carboxylic acids is 2. The summed E-state index contributed by atoms with van der Waals surface area (Å²) in [5.74, 6) is -1.52. The number of rotatable bonds is 2. The van der Waals surface area contributed by atoms with Crippen molar-refractivity contribution in [2.75, 3.05) is 6.54 Å². The van der Waals surface area contributed by atoms with Gasteiger partial charge in [-0.05, 0) is 19.1 Å². The van der Waals surface area contributed by atoms with E-state index in [-0.39, 0.29) is 13.0 Å². The summed E-state index contributed by atoms with van der Waals surface area (Å²) in [5, 5.41) is 9.88. The van der Waals surface area contributed by atoms with Crippen LogP contribution in [-0.4, -0.2) is 39.7 Å². The first-order valence-corrected chi connectivity index (χ1v) is 6.49. The summed E-state index contributed by atoms with van der Waals surface area (Å²) in [6, 6.07) is 6.56. The first-order chi connectivity index (χ1) is 9.90. The van der Waals surface area contributed by atoms with E-state index in [0.717, 1.165) is 11.1 Å². The minimum atomic E-state index is -1.64. The minimum absolute atomic E-state index is 0.0493. The van der Waals surface area contributed by atoms with Gasteiger partial charge in [0, 0.05) is 12.1 Å². The lowest BCUT2D eigenvalue weighted by Gasteiger charge is -2.26. The molecule has 1 atom stereocenters. The summed E-state index contributed by atoms with van der Waals surface area (Å²) < 4.78 is 13.4. The molecule has 0 saturated carbocycles. The number of aliphatic imine (C=N–C) groups is 1. The van der Waals surface area contributed by atoms with Crippen LogP contribution in [0, 0.1) is 0 Å². The first kappa shape index (κ1) is 13.6. The molecule has 2 aliphatic heterocycles. The molecule has 0 unspecified atom stereocenters. The number of hydrogen-bond acceptors (Lipinski definition) is 4. The van der Waals surface area contributed by atoms with Crippen molar-refractivity contribution in [1.82, 2.24) is 4.90 Å². The maximum atomic E-state index is 13.4. The molecule has 6 heteroatoms. The second kappa shape index (κ2) is 4.60. The van der Waals surface area contributed by atoms with Gasteiger partial charge in [0.05, 0.1) is 23.9 Å². The number of imide groups is 1. The van der Waals surface area contributed by atoms with Crippen LogP contribution in [-0.2, 0) is 0 Å². The molecule has 0 spiro atoms. The van der Waals surface area contributed by atoms with Crippen LogP contribution in [0.25, 0.3) is 0 Å². The van der Waals surface area contributed by atoms with Crippen LogP contribution < -0.4 is 0 Å². The molecule has 2 amide bonds. The number of halogens is 1. The Bertz CT molecular complexity index is 672. The van der Waals surface area contributed by atoms with Gasteiger partial charge in [0.25, 0.3) is 11.8 Å². The van der Waals surface area contributed by atoms with Gasteiger partial charge >= 0.3 is 0 Å². The number of carbonyl (C=O) groups is 2. The molecule has 1 aromatic carbocycles. The third-order valence-corrected chi connectivity index (χ3v) is 3.64. The van der Waals surface area contributed by atoms with Crippen molar-refractivity contribution in [2.24, 2.45) is 4.99 Å². The smallest absolute Gasteiger partial charge is 0.261 e. The Balaban J connectivity index is 1.85. The van der Waals surface area contributed by atoms with Gasteiger partial charge in [-0.3, -0.25) is 19.5 Å². The van der Waals surface area contributed by atoms with Crippen LogP contribution in [0.2, 0.25) is 0 Å². The lowest BCUT2D eigenvalue weighted by Crippen LogP contribution is -2.39. The number of nitrogens with zero attached hydrogens (tertiary/aromatic N) is 2. The van der Waals surface area contributed by atoms with Gasteiger partial charge in [0.1, 0.15) is 11.4 Å². The van der Waals surface area contributed by atoms with Crippen LogP contribution >= 0.6 is 0 Å². The summed E-state index contributed by atoms with van der Waals surface area (Å²) in [5.41, 5.74) is -0.550. The van der Waals surface area contributed by atoms with Gasteiger partial charge in [-0.1, -0.05) is 12.1 Å². The monoisotopic (exact) mass is 288 g/mol. The Labute approximate surface area is 120 Å². The highest BCUT2D eigenvalue weighted by molar-refractivity contribution is 6.22. The molecular formula is C15H13FN2O3. The zero-order chi connectivity index (χ0) is 15.2. The van der Waals surface area contributed by atoms with Gasteiger partial charge in [-0.25, -0.2) is 4.39 Å². The van der Waals surface area contributed by atoms with E-state index in [1.807, 2.05) is 0 Å². The lowest BCUT2D eigenvalue weighted by molar-refractivity contribution is 0.0655. The van der Waals surface area contributed by atoms with Crippen LogP contribution in [0.15, 0.2) is 41.3 Å². The van der Waals surface area contributed by atoms with E-state index in [2.05, 4.69) is 4.99 Å². The molecule has 0 aliphatic carbocycles. The zero-order valence-corrected chi connectivity index (χ0v) is 11.3. The Morgan fingerprint density at radius 1 is 1.29 bits per heavy atom. The van der Waals surface area contributed by atoms with Crippen LogP contribution in [0.5, 0.6) is 0 Å². The molecule has 108 valence electrons. The first-order valence-electron chi connectivity index (χ1n) is 6.49. The molecular weight excluding hydrogens is 275 g/mol. The molecule has 5 nitrogen and oxygen atoms in total. The molecule has 0 aromatic heterocycles. The number of fused-ring (bicyclic) bond motifs is 1. The normalized spacial score (nSPS) is 24.8. The number of hydrogen-bond donors (Lipinski definition) is 1. The Morgan fingerprint density at radius 3 is 2.38 bits per heavy atom. The van der Waals surface area contributed by atoms with E-state index in [9.17, 15) is 19.1 Å². The fourth-order valence-corrected chi connectivity index (χ4v) is 2.48. The van der Waals surface area contributed by atoms with Crippen LogP contribution in [0.3, 0.4) is 0 Å². The SMILES string of the molecule is C[C@]1(O)CC(CN2C(=O)c3ccccc3C2=O)=NC=C1F. The maximum absolute atomic E-state index is 13.4. The van der Waals surface area contributed by atoms with Crippen LogP contribution in [0.4, 0.5) is 4.39 Å². The van der Waals surface area contributed by atoms with Gasteiger partial charge < -0.3 is 5.11 Å². The second-order valence-corrected chi connectivity index (χ2v) is 5.37. The molecule has 0 bridgehead atoms. The third kappa shape index (κ3) is 2.17. The van der Waals surface area contributed by atoms with Crippen molar-refractivity contribution in [2.45, 2.75) is 18.9 Å². The summed E-state index contributed by atoms with van der Waals surface area (Å²) in [6.45, 7) is 1.28. The van der Waals surface area contributed by atoms with E-state index >= 15 is 0 Å². The molecule has 1 aromatic rings. The quantitative estimate of drug-likeness (QED) is 0.842. The standard InChI is InChI=1S/C15H13FN2O3/c1-15(21)6-9(17-7-12(15)16)8-18-13(19)10-4-2-3-5-11(10)14(18)20/h2-5,7,21H,6,8H2,1H3/t15-/m0/s1. The summed E-state index contributed by atoms with van der Waals surface area (Å²) in [7, 11) is 0. The fourth-order valence-electron chi connectivity index (χ4n) is 2.48. The number of aliphatic hydroxyl groups is 1. The molecule has 0 saturated heterocycles. The number of benzene rings is 1. The number of amides is 2. The highest BCUT2D eigenvalue weighted by atomic mass is 19.1. The minimum Gasteiger partial charge on any atom is -0.383 e. The topological polar surface area (TPSA) is 70.0 Å². The molecule has 3 rings (SSSR count). The highest BCUT2D eigenvalue weighted by Gasteiger charge is 2.38. The van der Waals surface area contributed by atoms with Crippen molar-refractivity contribution < 1.29 is 19.1 Å². The van der Waals surface area contributed by atoms with E-state index < -0.39 is 23.2 Å². The highest BCUT2D eigenvalue weighted by Crippen LogP contribution is 2.28. The predicted molar refractivity (Wildman–Crippen MR) is 73.7 cm³/mol. The average molecular weight is 288 g/mol. The average Bonchev–Trinajstić information content (AvgIpc) is 2.68. The van der Waals surface area contributed by atoms with E-state index in [1.165, 1.54) is 6.92 Å². The maximum Gasteiger partial charge on any atom is 0.261 e. The lowest BCUT2D eigenvalue weighted by atomic mass is 9.95. The molecule has 0 radical (unpaired) electrons.